The van der Waals surface area contributed by atoms with E-state index in [1.807, 2.05) is 13.8 Å². The van der Waals surface area contributed by atoms with Gasteiger partial charge in [-0.15, -0.1) is 0 Å². The highest BCUT2D eigenvalue weighted by Crippen LogP contribution is 2.27. The van der Waals surface area contributed by atoms with Crippen LogP contribution in [0.2, 0.25) is 0 Å². The number of pyridine rings is 1. The molecule has 0 aliphatic heterocycles. The van der Waals surface area contributed by atoms with Gasteiger partial charge in [0.25, 0.3) is 10.0 Å². The second kappa shape index (κ2) is 5.13. The predicted molar refractivity (Wildman–Crippen MR) is 80.1 cm³/mol. The summed E-state index contributed by atoms with van der Waals surface area (Å²) in [6.07, 6.45) is 3.09. The molecule has 0 atom stereocenters. The highest BCUT2D eigenvalue weighted by molar-refractivity contribution is 7.93. The molecule has 0 bridgehead atoms. The maximum absolute atomic E-state index is 12.5. The van der Waals surface area contributed by atoms with Crippen LogP contribution < -0.4 is 10.5 Å². The van der Waals surface area contributed by atoms with Crippen LogP contribution in [0.25, 0.3) is 0 Å². The Bertz CT molecular complexity index is 755. The van der Waals surface area contributed by atoms with Gasteiger partial charge < -0.3 is 5.73 Å². The first-order valence-electron chi connectivity index (χ1n) is 6.12. The van der Waals surface area contributed by atoms with Gasteiger partial charge in [-0.05, 0) is 49.6 Å². The first-order valence-corrected chi connectivity index (χ1v) is 7.60. The zero-order valence-electron chi connectivity index (χ0n) is 11.6. The second-order valence-corrected chi connectivity index (χ2v) is 6.34. The van der Waals surface area contributed by atoms with Gasteiger partial charge in [0.05, 0.1) is 17.6 Å². The molecule has 1 aromatic carbocycles. The lowest BCUT2D eigenvalue weighted by atomic mass is 10.1. The van der Waals surface area contributed by atoms with E-state index in [1.165, 1.54) is 6.20 Å². The molecule has 0 fully saturated rings. The molecule has 0 amide bonds. The molecule has 0 saturated heterocycles. The van der Waals surface area contributed by atoms with Gasteiger partial charge in [-0.2, -0.15) is 0 Å². The number of nitrogens with one attached hydrogen (secondary N) is 1. The standard InChI is InChI=1S/C14H17N3O2S/c1-9-4-5-12(15)14(11(9)3)20(18,19)17-13-8-16-7-6-10(13)2/h4-8,17H,15H2,1-3H3. The lowest BCUT2D eigenvalue weighted by molar-refractivity contribution is 0.601. The number of hydrogen-bond donors (Lipinski definition) is 2. The summed E-state index contributed by atoms with van der Waals surface area (Å²) in [5, 5.41) is 0. The van der Waals surface area contributed by atoms with Crippen LogP contribution in [-0.4, -0.2) is 13.4 Å². The van der Waals surface area contributed by atoms with Crippen LogP contribution in [0.3, 0.4) is 0 Å². The Morgan fingerprint density at radius 1 is 1.10 bits per heavy atom. The van der Waals surface area contributed by atoms with E-state index in [-0.39, 0.29) is 10.6 Å². The number of benzene rings is 1. The van der Waals surface area contributed by atoms with Gasteiger partial charge in [0.15, 0.2) is 0 Å². The fraction of sp³-hybridized carbons (Fsp3) is 0.214. The summed E-state index contributed by atoms with van der Waals surface area (Å²) in [7, 11) is -3.73. The van der Waals surface area contributed by atoms with E-state index >= 15 is 0 Å². The molecule has 0 radical (unpaired) electrons. The van der Waals surface area contributed by atoms with Crippen molar-refractivity contribution in [2.24, 2.45) is 0 Å². The number of sulfonamides is 1. The van der Waals surface area contributed by atoms with Gasteiger partial charge in [0.1, 0.15) is 4.90 Å². The number of hydrogen-bond acceptors (Lipinski definition) is 4. The van der Waals surface area contributed by atoms with Crippen molar-refractivity contribution in [2.75, 3.05) is 10.5 Å². The predicted octanol–water partition coefficient (Wildman–Crippen LogP) is 2.39. The molecule has 20 heavy (non-hydrogen) atoms. The fourth-order valence-electron chi connectivity index (χ4n) is 1.93. The monoisotopic (exact) mass is 291 g/mol. The fourth-order valence-corrected chi connectivity index (χ4v) is 3.48. The average molecular weight is 291 g/mol. The van der Waals surface area contributed by atoms with Crippen LogP contribution in [0.5, 0.6) is 0 Å². The highest BCUT2D eigenvalue weighted by atomic mass is 32.2. The lowest BCUT2D eigenvalue weighted by Gasteiger charge is -2.15. The number of anilines is 2. The molecule has 3 N–H and O–H groups in total. The maximum Gasteiger partial charge on any atom is 0.264 e. The zero-order valence-corrected chi connectivity index (χ0v) is 12.5. The third kappa shape index (κ3) is 2.60. The topological polar surface area (TPSA) is 85.1 Å². The zero-order chi connectivity index (χ0) is 14.9. The Labute approximate surface area is 118 Å². The van der Waals surface area contributed by atoms with Crippen LogP contribution in [-0.2, 0) is 10.0 Å². The summed E-state index contributed by atoms with van der Waals surface area (Å²) >= 11 is 0. The highest BCUT2D eigenvalue weighted by Gasteiger charge is 2.21. The number of rotatable bonds is 3. The van der Waals surface area contributed by atoms with Gasteiger partial charge in [-0.25, -0.2) is 8.42 Å². The minimum Gasteiger partial charge on any atom is -0.398 e. The molecule has 5 nitrogen and oxygen atoms in total. The Hall–Kier alpha value is -2.08. The minimum absolute atomic E-state index is 0.126. The van der Waals surface area contributed by atoms with Crippen molar-refractivity contribution in [1.29, 1.82) is 0 Å². The molecule has 1 heterocycles. The van der Waals surface area contributed by atoms with Crippen LogP contribution in [0.4, 0.5) is 11.4 Å². The summed E-state index contributed by atoms with van der Waals surface area (Å²) in [6, 6.07) is 5.15. The molecule has 6 heteroatoms. The molecule has 0 unspecified atom stereocenters. The van der Waals surface area contributed by atoms with E-state index in [1.54, 1.807) is 31.3 Å². The molecular weight excluding hydrogens is 274 g/mol. The van der Waals surface area contributed by atoms with E-state index < -0.39 is 10.0 Å². The third-order valence-electron chi connectivity index (χ3n) is 3.26. The summed E-state index contributed by atoms with van der Waals surface area (Å²) in [5.74, 6) is 0. The first kappa shape index (κ1) is 14.3. The lowest BCUT2D eigenvalue weighted by Crippen LogP contribution is -2.17. The van der Waals surface area contributed by atoms with Crippen LogP contribution in [0, 0.1) is 20.8 Å². The molecule has 0 saturated carbocycles. The smallest absolute Gasteiger partial charge is 0.264 e. The summed E-state index contributed by atoms with van der Waals surface area (Å²) in [6.45, 7) is 5.41. The third-order valence-corrected chi connectivity index (χ3v) is 4.83. The Morgan fingerprint density at radius 2 is 1.80 bits per heavy atom. The molecule has 0 aliphatic rings. The van der Waals surface area contributed by atoms with E-state index in [0.717, 1.165) is 11.1 Å². The minimum atomic E-state index is -3.73. The summed E-state index contributed by atoms with van der Waals surface area (Å²) in [5.41, 5.74) is 8.85. The van der Waals surface area contributed by atoms with Crippen molar-refractivity contribution in [3.63, 3.8) is 0 Å². The van der Waals surface area contributed by atoms with E-state index in [9.17, 15) is 8.42 Å². The number of nitrogen functional groups attached to an aromatic ring is 1. The van der Waals surface area contributed by atoms with Gasteiger partial charge in [0, 0.05) is 6.20 Å². The molecule has 2 aromatic rings. The molecule has 0 aliphatic carbocycles. The summed E-state index contributed by atoms with van der Waals surface area (Å²) in [4.78, 5) is 4.05. The number of aromatic nitrogens is 1. The van der Waals surface area contributed by atoms with E-state index in [4.69, 9.17) is 5.73 Å². The van der Waals surface area contributed by atoms with Gasteiger partial charge in [-0.3, -0.25) is 9.71 Å². The number of nitrogens with zero attached hydrogens (tertiary/aromatic N) is 1. The van der Waals surface area contributed by atoms with Gasteiger partial charge in [0.2, 0.25) is 0 Å². The van der Waals surface area contributed by atoms with Crippen molar-refractivity contribution in [3.8, 4) is 0 Å². The normalized spacial score (nSPS) is 11.3. The molecule has 0 spiro atoms. The Kier molecular flexibility index (Phi) is 3.67. The molecule has 2 rings (SSSR count). The Balaban J connectivity index is 2.52. The van der Waals surface area contributed by atoms with Gasteiger partial charge in [-0.1, -0.05) is 6.07 Å². The van der Waals surface area contributed by atoms with E-state index in [0.29, 0.717) is 11.3 Å². The van der Waals surface area contributed by atoms with Gasteiger partial charge >= 0.3 is 0 Å². The quantitative estimate of drug-likeness (QED) is 0.850. The van der Waals surface area contributed by atoms with Crippen molar-refractivity contribution in [2.45, 2.75) is 25.7 Å². The van der Waals surface area contributed by atoms with Crippen molar-refractivity contribution in [3.05, 3.63) is 47.3 Å². The average Bonchev–Trinajstić information content (AvgIpc) is 2.37. The SMILES string of the molecule is Cc1ccncc1NS(=O)(=O)c1c(N)ccc(C)c1C. The van der Waals surface area contributed by atoms with Crippen LogP contribution in [0.1, 0.15) is 16.7 Å². The van der Waals surface area contributed by atoms with E-state index in [2.05, 4.69) is 9.71 Å². The molecule has 1 aromatic heterocycles. The summed E-state index contributed by atoms with van der Waals surface area (Å²) < 4.78 is 27.6. The largest absolute Gasteiger partial charge is 0.398 e. The Morgan fingerprint density at radius 3 is 2.45 bits per heavy atom. The molecular formula is C14H17N3O2S. The molecule has 106 valence electrons. The number of aryl methyl sites for hydroxylation is 2. The first-order chi connectivity index (χ1) is 9.33. The van der Waals surface area contributed by atoms with Crippen molar-refractivity contribution >= 4 is 21.4 Å². The van der Waals surface area contributed by atoms with Crippen LogP contribution in [0.15, 0.2) is 35.5 Å². The maximum atomic E-state index is 12.5. The van der Waals surface area contributed by atoms with Crippen LogP contribution >= 0.6 is 0 Å². The van der Waals surface area contributed by atoms with Crippen molar-refractivity contribution in [1.82, 2.24) is 4.98 Å². The second-order valence-electron chi connectivity index (χ2n) is 4.72. The van der Waals surface area contributed by atoms with Crippen molar-refractivity contribution < 1.29 is 8.42 Å². The number of nitrogens with two attached hydrogens (primary N) is 1.